The first-order chi connectivity index (χ1) is 12.3. The van der Waals surface area contributed by atoms with Crippen molar-refractivity contribution in [3.63, 3.8) is 0 Å². The van der Waals surface area contributed by atoms with Crippen molar-refractivity contribution in [1.29, 1.82) is 0 Å². The Morgan fingerprint density at radius 1 is 0.800 bits per heavy atom. The van der Waals surface area contributed by atoms with Crippen LogP contribution in [0.3, 0.4) is 0 Å². The predicted octanol–water partition coefficient (Wildman–Crippen LogP) is 5.21. The SMILES string of the molecule is C=C(C[SiH2]CCC)CC(N1CCCCCCC1)N1CCCCCCC1. The Balaban J connectivity index is 1.98. The molecule has 2 nitrogen and oxygen atoms in total. The summed E-state index contributed by atoms with van der Waals surface area (Å²) in [6.07, 6.45) is 17.6. The molecule has 146 valence electrons. The Bertz CT molecular complexity index is 320. The van der Waals surface area contributed by atoms with Crippen molar-refractivity contribution >= 4 is 9.52 Å². The highest BCUT2D eigenvalue weighted by Crippen LogP contribution is 2.23. The van der Waals surface area contributed by atoms with Gasteiger partial charge in [-0.3, -0.25) is 9.80 Å². The topological polar surface area (TPSA) is 6.48 Å². The van der Waals surface area contributed by atoms with E-state index in [1.807, 2.05) is 0 Å². The third-order valence-corrected chi connectivity index (χ3v) is 8.50. The van der Waals surface area contributed by atoms with Gasteiger partial charge in [-0.2, -0.15) is 0 Å². The van der Waals surface area contributed by atoms with Crippen LogP contribution in [-0.4, -0.2) is 51.7 Å². The zero-order chi connectivity index (χ0) is 17.7. The van der Waals surface area contributed by atoms with Crippen molar-refractivity contribution in [2.24, 2.45) is 0 Å². The van der Waals surface area contributed by atoms with Crippen molar-refractivity contribution in [3.05, 3.63) is 12.2 Å². The molecule has 25 heavy (non-hydrogen) atoms. The fraction of sp³-hybridized carbons (Fsp3) is 0.909. The normalized spacial score (nSPS) is 22.6. The molecule has 0 N–H and O–H groups in total. The molecule has 0 aromatic carbocycles. The van der Waals surface area contributed by atoms with Gasteiger partial charge in [0.15, 0.2) is 0 Å². The van der Waals surface area contributed by atoms with E-state index in [1.54, 1.807) is 5.57 Å². The van der Waals surface area contributed by atoms with Crippen LogP contribution in [0.2, 0.25) is 12.1 Å². The summed E-state index contributed by atoms with van der Waals surface area (Å²) in [7, 11) is 0.103. The van der Waals surface area contributed by atoms with E-state index in [9.17, 15) is 0 Å². The minimum atomic E-state index is 0.103. The van der Waals surface area contributed by atoms with Gasteiger partial charge in [0.25, 0.3) is 0 Å². The van der Waals surface area contributed by atoms with Crippen LogP contribution in [-0.2, 0) is 0 Å². The van der Waals surface area contributed by atoms with Crippen LogP contribution in [0.1, 0.15) is 84.0 Å². The van der Waals surface area contributed by atoms with Gasteiger partial charge in [-0.15, -0.1) is 6.58 Å². The van der Waals surface area contributed by atoms with E-state index in [4.69, 9.17) is 0 Å². The molecule has 0 aromatic heterocycles. The number of hydrogen-bond donors (Lipinski definition) is 0. The summed E-state index contributed by atoms with van der Waals surface area (Å²) in [5, 5.41) is 0. The number of hydrogen-bond acceptors (Lipinski definition) is 2. The van der Waals surface area contributed by atoms with Crippen LogP contribution in [0, 0.1) is 0 Å². The highest BCUT2D eigenvalue weighted by atomic mass is 28.2. The molecular formula is C22H44N2Si. The van der Waals surface area contributed by atoms with Gasteiger partial charge in [0, 0.05) is 9.52 Å². The first kappa shape index (κ1) is 21.2. The van der Waals surface area contributed by atoms with E-state index in [-0.39, 0.29) is 9.52 Å². The van der Waals surface area contributed by atoms with Crippen LogP contribution in [0.4, 0.5) is 0 Å². The van der Waals surface area contributed by atoms with E-state index < -0.39 is 0 Å². The molecule has 2 rings (SSSR count). The monoisotopic (exact) mass is 364 g/mol. The molecule has 0 aliphatic carbocycles. The molecule has 2 aliphatic rings. The molecule has 0 spiro atoms. The van der Waals surface area contributed by atoms with E-state index >= 15 is 0 Å². The van der Waals surface area contributed by atoms with E-state index in [2.05, 4.69) is 23.3 Å². The lowest BCUT2D eigenvalue weighted by Crippen LogP contribution is -2.50. The second-order valence-corrected chi connectivity index (χ2v) is 10.4. The molecule has 2 saturated heterocycles. The van der Waals surface area contributed by atoms with Crippen LogP contribution in [0.25, 0.3) is 0 Å². The van der Waals surface area contributed by atoms with Gasteiger partial charge in [-0.25, -0.2) is 0 Å². The Hall–Kier alpha value is -0.123. The standard InChI is InChI=1S/C22H44N2Si/c1-3-18-25-20-21(2)19-22(23-14-10-6-4-7-11-15-23)24-16-12-8-5-9-13-17-24/h22H,2-20,25H2,1H3. The molecule has 2 aliphatic heterocycles. The minimum absolute atomic E-state index is 0.103. The molecule has 3 heteroatoms. The van der Waals surface area contributed by atoms with Crippen molar-refractivity contribution in [3.8, 4) is 0 Å². The van der Waals surface area contributed by atoms with Crippen molar-refractivity contribution in [2.75, 3.05) is 26.2 Å². The highest BCUT2D eigenvalue weighted by molar-refractivity contribution is 6.36. The predicted molar refractivity (Wildman–Crippen MR) is 115 cm³/mol. The van der Waals surface area contributed by atoms with Crippen LogP contribution in [0.15, 0.2) is 12.2 Å². The lowest BCUT2D eigenvalue weighted by Gasteiger charge is -2.42. The first-order valence-electron chi connectivity index (χ1n) is 11.5. The first-order valence-corrected chi connectivity index (χ1v) is 13.5. The molecule has 0 unspecified atom stereocenters. The van der Waals surface area contributed by atoms with Gasteiger partial charge in [0.1, 0.15) is 0 Å². The highest BCUT2D eigenvalue weighted by Gasteiger charge is 2.26. The van der Waals surface area contributed by atoms with Crippen molar-refractivity contribution < 1.29 is 0 Å². The van der Waals surface area contributed by atoms with Gasteiger partial charge in [0.05, 0.1) is 6.17 Å². The molecule has 0 amide bonds. The maximum absolute atomic E-state index is 4.52. The second-order valence-electron chi connectivity index (χ2n) is 8.50. The fourth-order valence-corrected chi connectivity index (χ4v) is 6.07. The van der Waals surface area contributed by atoms with Crippen LogP contribution < -0.4 is 0 Å². The molecule has 0 radical (unpaired) electrons. The molecule has 2 heterocycles. The van der Waals surface area contributed by atoms with Crippen molar-refractivity contribution in [1.82, 2.24) is 9.80 Å². The summed E-state index contributed by atoms with van der Waals surface area (Å²) < 4.78 is 0. The van der Waals surface area contributed by atoms with E-state index in [1.165, 1.54) is 115 Å². The quantitative estimate of drug-likeness (QED) is 0.331. The molecule has 2 fully saturated rings. The molecular weight excluding hydrogens is 320 g/mol. The minimum Gasteiger partial charge on any atom is -0.288 e. The van der Waals surface area contributed by atoms with Gasteiger partial charge >= 0.3 is 0 Å². The Morgan fingerprint density at radius 2 is 1.24 bits per heavy atom. The summed E-state index contributed by atoms with van der Waals surface area (Å²) in [5.74, 6) is 0. The Labute approximate surface area is 160 Å². The summed E-state index contributed by atoms with van der Waals surface area (Å²) in [4.78, 5) is 5.71. The van der Waals surface area contributed by atoms with Crippen molar-refractivity contribution in [2.45, 2.75) is 102 Å². The third-order valence-electron chi connectivity index (χ3n) is 6.23. The number of likely N-dealkylation sites (tertiary alicyclic amines) is 2. The molecule has 0 saturated carbocycles. The van der Waals surface area contributed by atoms with Crippen LogP contribution in [0.5, 0.6) is 0 Å². The lowest BCUT2D eigenvalue weighted by molar-refractivity contribution is 0.0309. The molecule has 0 bridgehead atoms. The number of rotatable bonds is 8. The zero-order valence-corrected chi connectivity index (χ0v) is 18.5. The summed E-state index contributed by atoms with van der Waals surface area (Å²) >= 11 is 0. The van der Waals surface area contributed by atoms with Gasteiger partial charge in [-0.05, 0) is 64.3 Å². The van der Waals surface area contributed by atoms with Gasteiger partial charge in [0.2, 0.25) is 0 Å². The van der Waals surface area contributed by atoms with E-state index in [0.29, 0.717) is 6.17 Å². The molecule has 0 aromatic rings. The Kier molecular flexibility index (Phi) is 11.1. The van der Waals surface area contributed by atoms with Gasteiger partial charge < -0.3 is 0 Å². The smallest absolute Gasteiger partial charge is 0.0660 e. The Morgan fingerprint density at radius 3 is 1.68 bits per heavy atom. The summed E-state index contributed by atoms with van der Waals surface area (Å²) in [5.41, 5.74) is 1.56. The fourth-order valence-electron chi connectivity index (χ4n) is 4.61. The third kappa shape index (κ3) is 8.40. The average Bonchev–Trinajstić information content (AvgIpc) is 2.53. The summed E-state index contributed by atoms with van der Waals surface area (Å²) in [6, 6.07) is 2.88. The second kappa shape index (κ2) is 13.1. The zero-order valence-electron chi connectivity index (χ0n) is 17.1. The van der Waals surface area contributed by atoms with E-state index in [0.717, 1.165) is 0 Å². The number of nitrogens with zero attached hydrogens (tertiary/aromatic N) is 2. The molecule has 0 atom stereocenters. The van der Waals surface area contributed by atoms with Crippen LogP contribution >= 0.6 is 0 Å². The maximum atomic E-state index is 4.52. The summed E-state index contributed by atoms with van der Waals surface area (Å²) in [6.45, 7) is 12.1. The average molecular weight is 365 g/mol. The lowest BCUT2D eigenvalue weighted by atomic mass is 10.0. The maximum Gasteiger partial charge on any atom is 0.0660 e. The largest absolute Gasteiger partial charge is 0.288 e. The van der Waals surface area contributed by atoms with Gasteiger partial charge in [-0.1, -0.05) is 63.5 Å².